The van der Waals surface area contributed by atoms with Gasteiger partial charge in [-0.15, -0.1) is 0 Å². The smallest absolute Gasteiger partial charge is 0.408 e. The molecule has 0 unspecified atom stereocenters. The average molecular weight is 935 g/mol. The third-order valence-electron chi connectivity index (χ3n) is 10.6. The van der Waals surface area contributed by atoms with Crippen molar-refractivity contribution in [2.24, 2.45) is 5.73 Å². The summed E-state index contributed by atoms with van der Waals surface area (Å²) in [5, 5.41) is 14.8. The number of hydrogen-bond donors (Lipinski definition) is 6. The van der Waals surface area contributed by atoms with Crippen LogP contribution in [0, 0.1) is 6.92 Å². The quantitative estimate of drug-likeness (QED) is 0.0256. The molecule has 0 aromatic heterocycles. The molecule has 0 saturated carbocycles. The number of unbranched alkanes of at least 4 members (excludes halogenated alkanes) is 1. The molecule has 14 nitrogen and oxygen atoms in total. The summed E-state index contributed by atoms with van der Waals surface area (Å²) in [6.07, 6.45) is 0.851. The lowest BCUT2D eigenvalue weighted by Gasteiger charge is -2.37. The van der Waals surface area contributed by atoms with Gasteiger partial charge in [-0.05, 0) is 142 Å². The van der Waals surface area contributed by atoms with Crippen LogP contribution in [0.2, 0.25) is 0 Å². The molecule has 3 atom stereocenters. The van der Waals surface area contributed by atoms with E-state index in [1.807, 2.05) is 81.4 Å². The average Bonchev–Trinajstić information content (AvgIpc) is 3.25. The number of rotatable bonds is 22. The number of benzene rings is 4. The Labute approximate surface area is 403 Å². The molecular formula is C54H74N6O8. The fourth-order valence-corrected chi connectivity index (χ4v) is 7.63. The van der Waals surface area contributed by atoms with E-state index >= 15 is 0 Å². The maximum atomic E-state index is 14.6. The van der Waals surface area contributed by atoms with E-state index in [2.05, 4.69) is 82.0 Å². The van der Waals surface area contributed by atoms with Gasteiger partial charge in [0.15, 0.2) is 0 Å². The molecule has 368 valence electrons. The number of aryl methyl sites for hydroxylation is 1. The van der Waals surface area contributed by atoms with Crippen LogP contribution < -0.4 is 37.1 Å². The van der Waals surface area contributed by atoms with Crippen molar-refractivity contribution in [3.8, 4) is 5.75 Å². The van der Waals surface area contributed by atoms with Gasteiger partial charge in [0.2, 0.25) is 11.8 Å². The first-order valence-corrected chi connectivity index (χ1v) is 23.5. The van der Waals surface area contributed by atoms with Crippen molar-refractivity contribution in [3.63, 3.8) is 0 Å². The second-order valence-corrected chi connectivity index (χ2v) is 20.1. The Morgan fingerprint density at radius 1 is 0.544 bits per heavy atom. The molecule has 0 aliphatic heterocycles. The van der Waals surface area contributed by atoms with Crippen molar-refractivity contribution < 1.29 is 38.2 Å². The van der Waals surface area contributed by atoms with E-state index in [-0.39, 0.29) is 32.2 Å². The number of ether oxygens (including phenoxy) is 3. The predicted molar refractivity (Wildman–Crippen MR) is 266 cm³/mol. The summed E-state index contributed by atoms with van der Waals surface area (Å²) in [5.41, 5.74) is 7.47. The molecule has 0 fully saturated rings. The predicted octanol–water partition coefficient (Wildman–Crippen LogP) is 8.12. The van der Waals surface area contributed by atoms with E-state index < -0.39 is 70.4 Å². The highest BCUT2D eigenvalue weighted by atomic mass is 16.6. The third kappa shape index (κ3) is 18.0. The highest BCUT2D eigenvalue weighted by Gasteiger charge is 2.36. The number of nitrogens with one attached hydrogen (secondary N) is 5. The molecule has 0 bridgehead atoms. The fourth-order valence-electron chi connectivity index (χ4n) is 7.63. The number of nitrogens with two attached hydrogens (primary N) is 1. The van der Waals surface area contributed by atoms with Crippen LogP contribution in [0.15, 0.2) is 109 Å². The maximum absolute atomic E-state index is 14.6. The number of amides is 5. The van der Waals surface area contributed by atoms with Gasteiger partial charge >= 0.3 is 18.1 Å². The van der Waals surface area contributed by atoms with Crippen molar-refractivity contribution >= 4 is 29.9 Å². The summed E-state index contributed by atoms with van der Waals surface area (Å²) >= 11 is 0. The zero-order valence-electron chi connectivity index (χ0n) is 41.6. The molecule has 4 aromatic carbocycles. The SMILES string of the molecule is Cc1ccc(C(NCCCC[C@H](NC(=O)[C@H](CCCNC(N)=O)NC(=O)OC(C)(C)C)C(=O)N[C@@H](Cc2ccc(OC(C)(C)C)cc2)C(=O)OC(C)(C)C)(c2ccccc2)c2ccccc2)cc1. The summed E-state index contributed by atoms with van der Waals surface area (Å²) in [4.78, 5) is 67.1. The minimum absolute atomic E-state index is 0.0825. The number of urea groups is 1. The van der Waals surface area contributed by atoms with Crippen LogP contribution in [0.3, 0.4) is 0 Å². The molecular weight excluding hydrogens is 861 g/mol. The first kappa shape index (κ1) is 54.2. The van der Waals surface area contributed by atoms with E-state index in [0.717, 1.165) is 27.8 Å². The van der Waals surface area contributed by atoms with Crippen LogP contribution in [0.1, 0.15) is 122 Å². The van der Waals surface area contributed by atoms with Crippen molar-refractivity contribution in [2.75, 3.05) is 13.1 Å². The van der Waals surface area contributed by atoms with Gasteiger partial charge in [0.1, 0.15) is 40.7 Å². The Hall–Kier alpha value is -6.41. The first-order chi connectivity index (χ1) is 31.9. The van der Waals surface area contributed by atoms with Crippen LogP contribution in [-0.2, 0) is 35.8 Å². The van der Waals surface area contributed by atoms with Gasteiger partial charge in [-0.2, -0.15) is 0 Å². The van der Waals surface area contributed by atoms with Crippen molar-refractivity contribution in [1.29, 1.82) is 0 Å². The Bertz CT molecular complexity index is 2190. The maximum Gasteiger partial charge on any atom is 0.408 e. The summed E-state index contributed by atoms with van der Waals surface area (Å²) in [6, 6.07) is 32.1. The lowest BCUT2D eigenvalue weighted by atomic mass is 9.76. The van der Waals surface area contributed by atoms with E-state index in [1.54, 1.807) is 41.5 Å². The summed E-state index contributed by atoms with van der Waals surface area (Å²) in [5.74, 6) is -1.25. The molecule has 0 radical (unpaired) electrons. The van der Waals surface area contributed by atoms with Gasteiger partial charge in [-0.25, -0.2) is 14.4 Å². The van der Waals surface area contributed by atoms with Crippen LogP contribution in [-0.4, -0.2) is 77.9 Å². The number of esters is 1. The van der Waals surface area contributed by atoms with Gasteiger partial charge in [-0.1, -0.05) is 103 Å². The molecule has 68 heavy (non-hydrogen) atoms. The molecule has 0 aliphatic rings. The molecule has 0 spiro atoms. The van der Waals surface area contributed by atoms with Gasteiger partial charge in [-0.3, -0.25) is 14.9 Å². The van der Waals surface area contributed by atoms with E-state index in [4.69, 9.17) is 19.9 Å². The number of hydrogen-bond acceptors (Lipinski definition) is 9. The minimum Gasteiger partial charge on any atom is -0.488 e. The molecule has 0 heterocycles. The van der Waals surface area contributed by atoms with Crippen LogP contribution in [0.25, 0.3) is 0 Å². The lowest BCUT2D eigenvalue weighted by molar-refractivity contribution is -0.158. The van der Waals surface area contributed by atoms with Crippen LogP contribution in [0.4, 0.5) is 9.59 Å². The Morgan fingerprint density at radius 3 is 1.56 bits per heavy atom. The summed E-state index contributed by atoms with van der Waals surface area (Å²) in [7, 11) is 0. The molecule has 0 aliphatic carbocycles. The second kappa shape index (κ2) is 24.6. The molecule has 0 saturated heterocycles. The molecule has 4 rings (SSSR count). The van der Waals surface area contributed by atoms with E-state index in [9.17, 15) is 24.0 Å². The second-order valence-electron chi connectivity index (χ2n) is 20.1. The molecule has 5 amide bonds. The Balaban J connectivity index is 1.65. The zero-order valence-corrected chi connectivity index (χ0v) is 41.6. The standard InChI is InChI=1S/C54H74N6O8/c1-37-26-30-41(31-27-37)54(39-20-13-11-14-21-39,40-22-15-12-16-23-40)57-35-18-17-24-43(58-47(62)44(25-19-34-56-49(55)64)60-50(65)68-53(8,9)10)46(61)59-45(48(63)67-52(5,6)7)36-38-28-32-42(33-29-38)66-51(2,3)4/h11-16,20-23,26-33,43-45,57H,17-19,24-25,34-36H2,1-10H3,(H,58,62)(H,59,61)(H,60,65)(H3,55,56,64)/t43-,44-,45-/m0/s1. The van der Waals surface area contributed by atoms with Gasteiger partial charge in [0.05, 0.1) is 5.54 Å². The molecule has 4 aromatic rings. The summed E-state index contributed by atoms with van der Waals surface area (Å²) < 4.78 is 17.3. The highest BCUT2D eigenvalue weighted by molar-refractivity contribution is 5.93. The Morgan fingerprint density at radius 2 is 1.04 bits per heavy atom. The zero-order chi connectivity index (χ0) is 50.1. The molecule has 7 N–H and O–H groups in total. The number of primary amides is 1. The normalized spacial score (nSPS) is 13.3. The number of carbonyl (C=O) groups excluding carboxylic acids is 5. The van der Waals surface area contributed by atoms with Gasteiger partial charge in [0, 0.05) is 13.0 Å². The topological polar surface area (TPSA) is 199 Å². The highest BCUT2D eigenvalue weighted by Crippen LogP contribution is 2.37. The van der Waals surface area contributed by atoms with E-state index in [0.29, 0.717) is 25.1 Å². The van der Waals surface area contributed by atoms with Crippen molar-refractivity contribution in [1.82, 2.24) is 26.6 Å². The van der Waals surface area contributed by atoms with Crippen LogP contribution in [0.5, 0.6) is 5.75 Å². The lowest BCUT2D eigenvalue weighted by Crippen LogP contribution is -2.56. The van der Waals surface area contributed by atoms with Gasteiger partial charge < -0.3 is 41.2 Å². The van der Waals surface area contributed by atoms with E-state index in [1.165, 1.54) is 0 Å². The fraction of sp³-hybridized carbons (Fsp3) is 0.463. The number of carbonyl (C=O) groups is 5. The molecule has 14 heteroatoms. The van der Waals surface area contributed by atoms with Crippen LogP contribution >= 0.6 is 0 Å². The Kier molecular flexibility index (Phi) is 19.6. The van der Waals surface area contributed by atoms with Gasteiger partial charge in [0.25, 0.3) is 0 Å². The monoisotopic (exact) mass is 935 g/mol. The number of alkyl carbamates (subject to hydrolysis) is 1. The third-order valence-corrected chi connectivity index (χ3v) is 10.6. The van der Waals surface area contributed by atoms with Crippen molar-refractivity contribution in [3.05, 3.63) is 137 Å². The minimum atomic E-state index is -1.15. The first-order valence-electron chi connectivity index (χ1n) is 23.5. The summed E-state index contributed by atoms with van der Waals surface area (Å²) in [6.45, 7) is 18.9. The largest absolute Gasteiger partial charge is 0.488 e. The van der Waals surface area contributed by atoms with Crippen molar-refractivity contribution in [2.45, 2.75) is 148 Å².